The normalized spacial score (nSPS) is 23.5. The van der Waals surface area contributed by atoms with Crippen LogP contribution in [0.1, 0.15) is 67.9 Å². The topological polar surface area (TPSA) is 76.2 Å². The summed E-state index contributed by atoms with van der Waals surface area (Å²) >= 11 is 1.19. The molecule has 1 aliphatic heterocycles. The Bertz CT molecular complexity index is 976. The molecule has 34 heavy (non-hydrogen) atoms. The van der Waals surface area contributed by atoms with E-state index in [1.165, 1.54) is 23.3 Å². The van der Waals surface area contributed by atoms with E-state index in [0.717, 1.165) is 25.7 Å². The number of hydrogen-bond acceptors (Lipinski definition) is 6. The molecule has 0 spiro atoms. The lowest BCUT2D eigenvalue weighted by atomic mass is 9.82. The monoisotopic (exact) mass is 488 g/mol. The van der Waals surface area contributed by atoms with E-state index >= 15 is 0 Å². The summed E-state index contributed by atoms with van der Waals surface area (Å²) in [4.78, 5) is 44.1. The molecule has 1 aromatic heterocycles. The maximum Gasteiger partial charge on any atom is 0.350 e. The van der Waals surface area contributed by atoms with Gasteiger partial charge in [-0.2, -0.15) is 0 Å². The predicted molar refractivity (Wildman–Crippen MR) is 133 cm³/mol. The first kappa shape index (κ1) is 26.2. The Morgan fingerprint density at radius 3 is 2.53 bits per heavy atom. The molecule has 0 bridgehead atoms. The molecular weight excluding hydrogens is 452 g/mol. The molecule has 186 valence electrons. The van der Waals surface area contributed by atoms with Crippen molar-refractivity contribution in [3.05, 3.63) is 15.8 Å². The second kappa shape index (κ2) is 10.9. The molecule has 2 amide bonds. The van der Waals surface area contributed by atoms with Gasteiger partial charge in [0.15, 0.2) is 0 Å². The second-order valence-electron chi connectivity index (χ2n) is 10.3. The van der Waals surface area contributed by atoms with Gasteiger partial charge >= 0.3 is 5.97 Å². The van der Waals surface area contributed by atoms with Gasteiger partial charge in [-0.25, -0.2) is 4.79 Å². The molecule has 0 aromatic carbocycles. The molecule has 1 atom stereocenters. The number of likely N-dealkylation sites (N-methyl/N-ethyl adjacent to an activating group) is 1. The van der Waals surface area contributed by atoms with Crippen LogP contribution in [0.2, 0.25) is 0 Å². The molecule has 1 saturated heterocycles. The minimum absolute atomic E-state index is 0.0809. The summed E-state index contributed by atoms with van der Waals surface area (Å²) in [7, 11) is 3.03. The third kappa shape index (κ3) is 6.19. The van der Waals surface area contributed by atoms with E-state index in [-0.39, 0.29) is 34.6 Å². The van der Waals surface area contributed by atoms with Crippen LogP contribution in [0.4, 0.5) is 5.69 Å². The minimum Gasteiger partial charge on any atom is -0.465 e. The van der Waals surface area contributed by atoms with E-state index in [4.69, 9.17) is 9.47 Å². The van der Waals surface area contributed by atoms with Gasteiger partial charge in [-0.3, -0.25) is 14.5 Å². The number of rotatable bonds is 4. The van der Waals surface area contributed by atoms with Crippen LogP contribution in [0.3, 0.4) is 0 Å². The van der Waals surface area contributed by atoms with Gasteiger partial charge in [-0.05, 0) is 58.4 Å². The van der Waals surface area contributed by atoms with Crippen LogP contribution in [-0.2, 0) is 19.1 Å². The highest BCUT2D eigenvalue weighted by Crippen LogP contribution is 2.37. The molecule has 0 N–H and O–H groups in total. The fourth-order valence-corrected chi connectivity index (χ4v) is 5.19. The van der Waals surface area contributed by atoms with Gasteiger partial charge in [-0.1, -0.05) is 18.8 Å². The quantitative estimate of drug-likeness (QED) is 0.474. The fraction of sp³-hybridized carbons (Fsp3) is 0.654. The number of esters is 1. The van der Waals surface area contributed by atoms with Crippen LogP contribution in [0, 0.1) is 29.1 Å². The van der Waals surface area contributed by atoms with Crippen molar-refractivity contribution in [3.63, 3.8) is 0 Å². The van der Waals surface area contributed by atoms with Gasteiger partial charge < -0.3 is 14.4 Å². The lowest BCUT2D eigenvalue weighted by molar-refractivity contribution is -0.134. The molecule has 0 unspecified atom stereocenters. The lowest BCUT2D eigenvalue weighted by Gasteiger charge is -2.35. The Morgan fingerprint density at radius 2 is 1.91 bits per heavy atom. The van der Waals surface area contributed by atoms with Crippen LogP contribution in [0.15, 0.2) is 6.07 Å². The third-order valence-electron chi connectivity index (χ3n) is 6.33. The Balaban J connectivity index is 2.11. The van der Waals surface area contributed by atoms with Crippen LogP contribution in [-0.4, -0.2) is 62.6 Å². The lowest BCUT2D eigenvalue weighted by Crippen LogP contribution is -2.53. The van der Waals surface area contributed by atoms with Crippen molar-refractivity contribution >= 4 is 34.8 Å². The number of carbonyl (C=O) groups is 3. The maximum atomic E-state index is 14.0. The van der Waals surface area contributed by atoms with Crippen LogP contribution in [0.5, 0.6) is 0 Å². The number of methoxy groups -OCH3 is 1. The third-order valence-corrected chi connectivity index (χ3v) is 7.35. The molecule has 1 aliphatic carbocycles. The number of carbonyl (C=O) groups excluding carboxylic acids is 3. The summed E-state index contributed by atoms with van der Waals surface area (Å²) in [5.74, 6) is 5.82. The molecule has 8 heteroatoms. The highest BCUT2D eigenvalue weighted by Gasteiger charge is 2.40. The van der Waals surface area contributed by atoms with E-state index < -0.39 is 12.0 Å². The maximum absolute atomic E-state index is 14.0. The summed E-state index contributed by atoms with van der Waals surface area (Å²) in [6, 6.07) is 0.901. The molecule has 2 aliphatic rings. The second-order valence-corrected chi connectivity index (χ2v) is 11.4. The van der Waals surface area contributed by atoms with Gasteiger partial charge in [0.1, 0.15) is 10.9 Å². The summed E-state index contributed by atoms with van der Waals surface area (Å²) in [6.45, 7) is 9.15. The number of hydrogen-bond donors (Lipinski definition) is 0. The van der Waals surface area contributed by atoms with Gasteiger partial charge in [0.05, 0.1) is 30.9 Å². The predicted octanol–water partition coefficient (Wildman–Crippen LogP) is 3.95. The zero-order valence-corrected chi connectivity index (χ0v) is 21.9. The van der Waals surface area contributed by atoms with E-state index in [1.807, 2.05) is 20.8 Å². The minimum atomic E-state index is -0.846. The molecule has 1 aromatic rings. The van der Waals surface area contributed by atoms with Crippen molar-refractivity contribution in [1.82, 2.24) is 4.90 Å². The van der Waals surface area contributed by atoms with Gasteiger partial charge in [-0.15, -0.1) is 11.3 Å². The smallest absolute Gasteiger partial charge is 0.350 e. The van der Waals surface area contributed by atoms with Gasteiger partial charge in [0.2, 0.25) is 11.8 Å². The largest absolute Gasteiger partial charge is 0.465 e. The zero-order chi connectivity index (χ0) is 25.0. The number of ether oxygens (including phenoxy) is 2. The molecular formula is C26H36N2O5S. The van der Waals surface area contributed by atoms with Crippen LogP contribution >= 0.6 is 11.3 Å². The van der Waals surface area contributed by atoms with Crippen LogP contribution < -0.4 is 4.90 Å². The van der Waals surface area contributed by atoms with E-state index in [1.54, 1.807) is 18.0 Å². The molecule has 7 nitrogen and oxygen atoms in total. The Kier molecular flexibility index (Phi) is 8.43. The van der Waals surface area contributed by atoms with E-state index in [2.05, 4.69) is 18.8 Å². The molecule has 2 heterocycles. The zero-order valence-electron chi connectivity index (χ0n) is 21.1. The molecule has 3 rings (SSSR count). The molecule has 0 radical (unpaired) electrons. The SMILES string of the molecule is COC(=O)c1sc(C#CC(C)(C)C)cc1N(C(=O)C1CCC(C)CC1)[C@H]1COCCN(C)C1=O. The van der Waals surface area contributed by atoms with E-state index in [0.29, 0.717) is 29.6 Å². The van der Waals surface area contributed by atoms with Crippen molar-refractivity contribution < 1.29 is 23.9 Å². The number of anilines is 1. The summed E-state index contributed by atoms with van der Waals surface area (Å²) in [5, 5.41) is 0. The Hall–Kier alpha value is -2.37. The Morgan fingerprint density at radius 1 is 1.24 bits per heavy atom. The van der Waals surface area contributed by atoms with Crippen LogP contribution in [0.25, 0.3) is 0 Å². The number of amides is 2. The van der Waals surface area contributed by atoms with Crippen molar-refractivity contribution in [1.29, 1.82) is 0 Å². The van der Waals surface area contributed by atoms with Gasteiger partial charge in [0, 0.05) is 24.9 Å². The molecule has 2 fully saturated rings. The van der Waals surface area contributed by atoms with Crippen molar-refractivity contribution in [2.24, 2.45) is 17.3 Å². The number of thiophene rings is 1. The standard InChI is InChI=1S/C26H36N2O5S/c1-17-7-9-18(10-8-17)23(29)28(21-16-33-14-13-27(5)24(21)30)20-15-19(11-12-26(2,3)4)34-22(20)25(31)32-6/h15,17-18,21H,7-10,13-14,16H2,1-6H3/t17?,18?,21-/m0/s1. The van der Waals surface area contributed by atoms with Crippen molar-refractivity contribution in [3.8, 4) is 11.8 Å². The number of nitrogens with zero attached hydrogens (tertiary/aromatic N) is 2. The van der Waals surface area contributed by atoms with E-state index in [9.17, 15) is 14.4 Å². The highest BCUT2D eigenvalue weighted by molar-refractivity contribution is 7.15. The fourth-order valence-electron chi connectivity index (χ4n) is 4.27. The molecule has 1 saturated carbocycles. The highest BCUT2D eigenvalue weighted by atomic mass is 32.1. The first-order valence-electron chi connectivity index (χ1n) is 11.9. The summed E-state index contributed by atoms with van der Waals surface area (Å²) in [5.41, 5.74) is 0.161. The average Bonchev–Trinajstić information content (AvgIpc) is 3.14. The van der Waals surface area contributed by atoms with Crippen molar-refractivity contribution in [2.75, 3.05) is 38.8 Å². The average molecular weight is 489 g/mol. The van der Waals surface area contributed by atoms with Crippen molar-refractivity contribution in [2.45, 2.75) is 59.4 Å². The Labute approximate surface area is 206 Å². The summed E-state index contributed by atoms with van der Waals surface area (Å²) < 4.78 is 10.8. The van der Waals surface area contributed by atoms with Gasteiger partial charge in [0.25, 0.3) is 0 Å². The summed E-state index contributed by atoms with van der Waals surface area (Å²) in [6.07, 6.45) is 3.47. The first-order chi connectivity index (χ1) is 16.0. The first-order valence-corrected chi connectivity index (χ1v) is 12.7.